The fraction of sp³-hybridized carbons (Fsp3) is 0.500. The molecule has 5 rings (SSSR count). The second kappa shape index (κ2) is 6.41. The monoisotopic (exact) mass is 380 g/mol. The van der Waals surface area contributed by atoms with Crippen LogP contribution in [-0.2, 0) is 28.6 Å². The summed E-state index contributed by atoms with van der Waals surface area (Å²) in [5.74, 6) is 0.321. The molecule has 2 saturated heterocycles. The lowest BCUT2D eigenvalue weighted by Gasteiger charge is -2.36. The molecule has 1 spiro atoms. The fourth-order valence-corrected chi connectivity index (χ4v) is 5.35. The van der Waals surface area contributed by atoms with Gasteiger partial charge in [0.25, 0.3) is 0 Å². The predicted octanol–water partition coefficient (Wildman–Crippen LogP) is 0.806. The SMILES string of the molecule is Cn1ncnc1CCNC(=O)[C@@H]1C[C@H]2CCCN2[C@]12C(=O)Nc1ccccc12. The normalized spacial score (nSPS) is 28.4. The summed E-state index contributed by atoms with van der Waals surface area (Å²) in [5.41, 5.74) is 0.891. The van der Waals surface area contributed by atoms with Crippen molar-refractivity contribution in [2.24, 2.45) is 13.0 Å². The molecule has 0 unspecified atom stereocenters. The lowest BCUT2D eigenvalue weighted by Crippen LogP contribution is -2.54. The van der Waals surface area contributed by atoms with Crippen molar-refractivity contribution in [3.8, 4) is 0 Å². The summed E-state index contributed by atoms with van der Waals surface area (Å²) in [7, 11) is 1.84. The maximum Gasteiger partial charge on any atom is 0.250 e. The summed E-state index contributed by atoms with van der Waals surface area (Å²) < 4.78 is 1.71. The predicted molar refractivity (Wildman–Crippen MR) is 102 cm³/mol. The number of nitrogens with zero attached hydrogens (tertiary/aromatic N) is 4. The number of hydrogen-bond acceptors (Lipinski definition) is 5. The highest BCUT2D eigenvalue weighted by Gasteiger charge is 2.65. The Labute approximate surface area is 163 Å². The molecule has 0 bridgehead atoms. The molecule has 3 atom stereocenters. The molecular formula is C20H24N6O2. The Kier molecular flexibility index (Phi) is 3.97. The maximum absolute atomic E-state index is 13.3. The van der Waals surface area contributed by atoms with E-state index in [2.05, 4.69) is 25.6 Å². The van der Waals surface area contributed by atoms with Gasteiger partial charge >= 0.3 is 0 Å². The molecule has 0 saturated carbocycles. The molecule has 2 aromatic rings. The van der Waals surface area contributed by atoms with Crippen LogP contribution in [0.3, 0.4) is 0 Å². The zero-order chi connectivity index (χ0) is 19.3. The smallest absolute Gasteiger partial charge is 0.250 e. The molecule has 28 heavy (non-hydrogen) atoms. The number of nitrogens with one attached hydrogen (secondary N) is 2. The molecule has 4 heterocycles. The number of aromatic nitrogens is 3. The molecule has 1 aromatic carbocycles. The average Bonchev–Trinajstić information content (AvgIpc) is 3.42. The summed E-state index contributed by atoms with van der Waals surface area (Å²) in [6, 6.07) is 8.08. The third kappa shape index (κ3) is 2.33. The number of carbonyl (C=O) groups is 2. The van der Waals surface area contributed by atoms with E-state index in [1.807, 2.05) is 31.3 Å². The number of aryl methyl sites for hydroxylation is 1. The summed E-state index contributed by atoms with van der Waals surface area (Å²) in [6.07, 6.45) is 4.95. The van der Waals surface area contributed by atoms with E-state index in [0.717, 1.165) is 42.9 Å². The maximum atomic E-state index is 13.3. The number of hydrogen-bond donors (Lipinski definition) is 2. The quantitative estimate of drug-likeness (QED) is 0.819. The van der Waals surface area contributed by atoms with E-state index >= 15 is 0 Å². The van der Waals surface area contributed by atoms with Gasteiger partial charge in [-0.25, -0.2) is 4.98 Å². The Balaban J connectivity index is 1.43. The highest BCUT2D eigenvalue weighted by Crippen LogP contribution is 2.55. The minimum Gasteiger partial charge on any atom is -0.355 e. The molecule has 0 aliphatic carbocycles. The molecule has 3 aliphatic heterocycles. The van der Waals surface area contributed by atoms with E-state index in [1.54, 1.807) is 4.68 Å². The van der Waals surface area contributed by atoms with Crippen LogP contribution in [0.15, 0.2) is 30.6 Å². The molecule has 0 radical (unpaired) electrons. The van der Waals surface area contributed by atoms with Crippen LogP contribution < -0.4 is 10.6 Å². The summed E-state index contributed by atoms with van der Waals surface area (Å²) in [4.78, 5) is 33.0. The first-order valence-corrected chi connectivity index (χ1v) is 9.90. The summed E-state index contributed by atoms with van der Waals surface area (Å²) >= 11 is 0. The van der Waals surface area contributed by atoms with E-state index in [1.165, 1.54) is 6.33 Å². The minimum atomic E-state index is -0.882. The van der Waals surface area contributed by atoms with Crippen molar-refractivity contribution in [1.29, 1.82) is 0 Å². The fourth-order valence-electron chi connectivity index (χ4n) is 5.35. The second-order valence-electron chi connectivity index (χ2n) is 7.88. The van der Waals surface area contributed by atoms with Crippen molar-refractivity contribution in [2.45, 2.75) is 37.3 Å². The first kappa shape index (κ1) is 17.4. The van der Waals surface area contributed by atoms with E-state index in [-0.39, 0.29) is 23.8 Å². The molecule has 2 amide bonds. The lowest BCUT2D eigenvalue weighted by molar-refractivity contribution is -0.137. The van der Waals surface area contributed by atoms with Crippen molar-refractivity contribution < 1.29 is 9.59 Å². The van der Waals surface area contributed by atoms with Gasteiger partial charge in [-0.1, -0.05) is 18.2 Å². The Morgan fingerprint density at radius 1 is 1.39 bits per heavy atom. The van der Waals surface area contributed by atoms with Crippen LogP contribution in [0, 0.1) is 5.92 Å². The molecule has 2 N–H and O–H groups in total. The molecular weight excluding hydrogens is 356 g/mol. The van der Waals surface area contributed by atoms with Gasteiger partial charge in [-0.2, -0.15) is 5.10 Å². The largest absolute Gasteiger partial charge is 0.355 e. The highest BCUT2D eigenvalue weighted by molar-refractivity contribution is 6.09. The standard InChI is InChI=1S/C20H24N6O2/c1-25-17(22-12-23-25)8-9-21-18(27)15-11-13-5-4-10-26(13)20(15)14-6-2-3-7-16(14)24-19(20)28/h2-3,6-7,12-13,15H,4-5,8-11H2,1H3,(H,21,27)(H,24,28)/t13-,15+,20+/m1/s1. The van der Waals surface area contributed by atoms with Crippen molar-refractivity contribution in [3.63, 3.8) is 0 Å². The topological polar surface area (TPSA) is 92.2 Å². The van der Waals surface area contributed by atoms with Gasteiger partial charge in [-0.05, 0) is 31.9 Å². The molecule has 1 aromatic heterocycles. The average molecular weight is 380 g/mol. The molecule has 3 aliphatic rings. The van der Waals surface area contributed by atoms with Gasteiger partial charge < -0.3 is 10.6 Å². The molecule has 146 valence electrons. The number of rotatable bonds is 4. The molecule has 8 nitrogen and oxygen atoms in total. The first-order chi connectivity index (χ1) is 13.6. The van der Waals surface area contributed by atoms with Gasteiger partial charge in [-0.3, -0.25) is 19.2 Å². The summed E-state index contributed by atoms with van der Waals surface area (Å²) in [5, 5.41) is 10.1. The van der Waals surface area contributed by atoms with Crippen LogP contribution >= 0.6 is 0 Å². The van der Waals surface area contributed by atoms with Crippen molar-refractivity contribution in [3.05, 3.63) is 42.0 Å². The van der Waals surface area contributed by atoms with E-state index < -0.39 is 5.54 Å². The highest BCUT2D eigenvalue weighted by atomic mass is 16.2. The van der Waals surface area contributed by atoms with Gasteiger partial charge in [0.2, 0.25) is 11.8 Å². The van der Waals surface area contributed by atoms with Crippen LogP contribution in [0.4, 0.5) is 5.69 Å². The van der Waals surface area contributed by atoms with Gasteiger partial charge in [0.15, 0.2) is 0 Å². The third-order valence-corrected chi connectivity index (χ3v) is 6.54. The number of amides is 2. The van der Waals surface area contributed by atoms with Crippen LogP contribution in [-0.4, -0.2) is 50.6 Å². The van der Waals surface area contributed by atoms with Gasteiger partial charge in [0.05, 0.1) is 5.92 Å². The van der Waals surface area contributed by atoms with E-state index in [0.29, 0.717) is 13.0 Å². The van der Waals surface area contributed by atoms with Gasteiger partial charge in [-0.15, -0.1) is 0 Å². The van der Waals surface area contributed by atoms with Crippen LogP contribution in [0.1, 0.15) is 30.7 Å². The molecule has 2 fully saturated rings. The number of para-hydroxylation sites is 1. The Hall–Kier alpha value is -2.74. The number of carbonyl (C=O) groups excluding carboxylic acids is 2. The van der Waals surface area contributed by atoms with Gasteiger partial charge in [0, 0.05) is 37.3 Å². The zero-order valence-corrected chi connectivity index (χ0v) is 15.9. The van der Waals surface area contributed by atoms with E-state index in [9.17, 15) is 9.59 Å². The van der Waals surface area contributed by atoms with Crippen molar-refractivity contribution in [2.75, 3.05) is 18.4 Å². The number of benzene rings is 1. The first-order valence-electron chi connectivity index (χ1n) is 9.90. The summed E-state index contributed by atoms with van der Waals surface area (Å²) in [6.45, 7) is 1.33. The van der Waals surface area contributed by atoms with Crippen LogP contribution in [0.2, 0.25) is 0 Å². The lowest BCUT2D eigenvalue weighted by atomic mass is 9.78. The van der Waals surface area contributed by atoms with Crippen LogP contribution in [0.25, 0.3) is 0 Å². The third-order valence-electron chi connectivity index (χ3n) is 6.54. The Morgan fingerprint density at radius 3 is 3.07 bits per heavy atom. The Morgan fingerprint density at radius 2 is 2.25 bits per heavy atom. The van der Waals surface area contributed by atoms with Crippen molar-refractivity contribution in [1.82, 2.24) is 25.0 Å². The van der Waals surface area contributed by atoms with E-state index in [4.69, 9.17) is 0 Å². The Bertz CT molecular complexity index is 940. The second-order valence-corrected chi connectivity index (χ2v) is 7.88. The number of fused-ring (bicyclic) bond motifs is 4. The number of anilines is 1. The zero-order valence-electron chi connectivity index (χ0n) is 15.9. The molecule has 8 heteroatoms. The van der Waals surface area contributed by atoms with Crippen LogP contribution in [0.5, 0.6) is 0 Å². The van der Waals surface area contributed by atoms with Gasteiger partial charge in [0.1, 0.15) is 17.7 Å². The van der Waals surface area contributed by atoms with Crippen molar-refractivity contribution >= 4 is 17.5 Å². The minimum absolute atomic E-state index is 0.0524.